The van der Waals surface area contributed by atoms with Crippen LogP contribution < -0.4 is 10.1 Å². The van der Waals surface area contributed by atoms with E-state index in [-0.39, 0.29) is 11.5 Å². The second-order valence-electron chi connectivity index (χ2n) is 5.04. The highest BCUT2D eigenvalue weighted by Crippen LogP contribution is 2.20. The van der Waals surface area contributed by atoms with Crippen molar-refractivity contribution in [2.75, 3.05) is 5.32 Å². The lowest BCUT2D eigenvalue weighted by molar-refractivity contribution is -0.122. The Bertz CT molecular complexity index is 745. The molecule has 0 aliphatic rings. The fourth-order valence-corrected chi connectivity index (χ4v) is 2.15. The molecule has 23 heavy (non-hydrogen) atoms. The van der Waals surface area contributed by atoms with E-state index < -0.39 is 12.1 Å². The average molecular weight is 334 g/mol. The molecule has 0 spiro atoms. The molecule has 0 radical (unpaired) electrons. The normalized spacial score (nSPS) is 11.6. The number of carbonyl (C=O) groups is 2. The Hall–Kier alpha value is -2.53. The fraction of sp³-hybridized carbons (Fsp3) is 0.176. The summed E-state index contributed by atoms with van der Waals surface area (Å²) >= 11 is 5.87. The van der Waals surface area contributed by atoms with Gasteiger partial charge in [0, 0.05) is 10.7 Å². The van der Waals surface area contributed by atoms with Gasteiger partial charge >= 0.3 is 5.97 Å². The van der Waals surface area contributed by atoms with Crippen LogP contribution in [0.5, 0.6) is 5.75 Å². The van der Waals surface area contributed by atoms with Crippen molar-refractivity contribution in [1.82, 2.24) is 0 Å². The van der Waals surface area contributed by atoms with Crippen LogP contribution in [0.3, 0.4) is 0 Å². The molecule has 0 bridgehead atoms. The van der Waals surface area contributed by atoms with Crippen molar-refractivity contribution in [2.24, 2.45) is 0 Å². The maximum atomic E-state index is 12.2. The van der Waals surface area contributed by atoms with Gasteiger partial charge in [-0.3, -0.25) is 4.79 Å². The molecular formula is C17H16ClNO4. The quantitative estimate of drug-likeness (QED) is 0.873. The third-order valence-electron chi connectivity index (χ3n) is 3.21. The summed E-state index contributed by atoms with van der Waals surface area (Å²) in [6, 6.07) is 11.3. The number of carboxylic acid groups (broad SMARTS) is 1. The van der Waals surface area contributed by atoms with Gasteiger partial charge in [0.2, 0.25) is 0 Å². The summed E-state index contributed by atoms with van der Waals surface area (Å²) < 4.78 is 5.54. The fourth-order valence-electron chi connectivity index (χ4n) is 1.97. The number of hydrogen-bond acceptors (Lipinski definition) is 3. The zero-order valence-electron chi connectivity index (χ0n) is 12.7. The van der Waals surface area contributed by atoms with Crippen molar-refractivity contribution >= 4 is 29.2 Å². The van der Waals surface area contributed by atoms with Crippen LogP contribution in [0.15, 0.2) is 42.5 Å². The number of amides is 1. The first kappa shape index (κ1) is 16.8. The number of carboxylic acids is 1. The minimum absolute atomic E-state index is 0.170. The molecule has 6 heteroatoms. The first-order chi connectivity index (χ1) is 10.9. The van der Waals surface area contributed by atoms with Gasteiger partial charge in [-0.25, -0.2) is 4.79 Å². The van der Waals surface area contributed by atoms with E-state index in [0.717, 1.165) is 0 Å². The Morgan fingerprint density at radius 3 is 2.57 bits per heavy atom. The lowest BCUT2D eigenvalue weighted by Gasteiger charge is -2.16. The molecule has 0 aromatic heterocycles. The number of aryl methyl sites for hydroxylation is 1. The summed E-state index contributed by atoms with van der Waals surface area (Å²) in [6.45, 7) is 3.35. The summed E-state index contributed by atoms with van der Waals surface area (Å²) in [5, 5.41) is 12.2. The van der Waals surface area contributed by atoms with Crippen LogP contribution in [-0.4, -0.2) is 23.1 Å². The largest absolute Gasteiger partial charge is 0.481 e. The predicted octanol–water partition coefficient (Wildman–Crippen LogP) is 3.75. The smallest absolute Gasteiger partial charge is 0.335 e. The van der Waals surface area contributed by atoms with Crippen LogP contribution in [0.4, 0.5) is 5.69 Å². The number of halogens is 1. The topological polar surface area (TPSA) is 75.6 Å². The van der Waals surface area contributed by atoms with Crippen LogP contribution >= 0.6 is 11.6 Å². The van der Waals surface area contributed by atoms with E-state index in [1.54, 1.807) is 44.2 Å². The van der Waals surface area contributed by atoms with Gasteiger partial charge in [0.05, 0.1) is 5.56 Å². The molecule has 5 nitrogen and oxygen atoms in total. The van der Waals surface area contributed by atoms with Gasteiger partial charge in [-0.05, 0) is 55.8 Å². The zero-order valence-corrected chi connectivity index (χ0v) is 13.4. The molecule has 0 aliphatic heterocycles. The standard InChI is InChI=1S/C17H16ClNO4/c1-10-8-12(17(21)22)6-7-15(10)19-16(20)11(2)23-14-5-3-4-13(18)9-14/h3-9,11H,1-2H3,(H,19,20)(H,21,22). The number of nitrogens with one attached hydrogen (secondary N) is 1. The monoisotopic (exact) mass is 333 g/mol. The average Bonchev–Trinajstić information content (AvgIpc) is 2.49. The highest BCUT2D eigenvalue weighted by molar-refractivity contribution is 6.30. The lowest BCUT2D eigenvalue weighted by Crippen LogP contribution is -2.30. The summed E-state index contributed by atoms with van der Waals surface area (Å²) in [5.41, 5.74) is 1.37. The van der Waals surface area contributed by atoms with E-state index in [1.165, 1.54) is 12.1 Å². The van der Waals surface area contributed by atoms with E-state index in [0.29, 0.717) is 22.0 Å². The van der Waals surface area contributed by atoms with Gasteiger partial charge in [0.1, 0.15) is 5.75 Å². The Morgan fingerprint density at radius 1 is 1.22 bits per heavy atom. The van der Waals surface area contributed by atoms with Gasteiger partial charge in [0.25, 0.3) is 5.91 Å². The van der Waals surface area contributed by atoms with Crippen LogP contribution in [0.2, 0.25) is 5.02 Å². The maximum absolute atomic E-state index is 12.2. The van der Waals surface area contributed by atoms with Crippen molar-refractivity contribution in [1.29, 1.82) is 0 Å². The van der Waals surface area contributed by atoms with Gasteiger partial charge in [-0.2, -0.15) is 0 Å². The molecule has 2 aromatic carbocycles. The van der Waals surface area contributed by atoms with Crippen molar-refractivity contribution in [3.63, 3.8) is 0 Å². The Labute approximate surface area is 138 Å². The van der Waals surface area contributed by atoms with E-state index >= 15 is 0 Å². The van der Waals surface area contributed by atoms with Gasteiger partial charge in [-0.1, -0.05) is 17.7 Å². The van der Waals surface area contributed by atoms with Gasteiger partial charge in [-0.15, -0.1) is 0 Å². The summed E-state index contributed by atoms with van der Waals surface area (Å²) in [4.78, 5) is 23.1. The van der Waals surface area contributed by atoms with Gasteiger partial charge < -0.3 is 15.2 Å². The summed E-state index contributed by atoms with van der Waals surface area (Å²) in [6.07, 6.45) is -0.730. The van der Waals surface area contributed by atoms with Gasteiger partial charge in [0.15, 0.2) is 6.10 Å². The summed E-state index contributed by atoms with van der Waals surface area (Å²) in [5.74, 6) is -0.849. The molecule has 1 amide bonds. The molecule has 2 aromatic rings. The molecule has 0 saturated carbocycles. The number of ether oxygens (including phenoxy) is 1. The predicted molar refractivity (Wildman–Crippen MR) is 88.3 cm³/mol. The van der Waals surface area contributed by atoms with Crippen molar-refractivity contribution in [2.45, 2.75) is 20.0 Å². The van der Waals surface area contributed by atoms with Crippen LogP contribution in [0.25, 0.3) is 0 Å². The minimum Gasteiger partial charge on any atom is -0.481 e. The molecule has 2 N–H and O–H groups in total. The maximum Gasteiger partial charge on any atom is 0.335 e. The van der Waals surface area contributed by atoms with Crippen molar-refractivity contribution in [3.05, 3.63) is 58.6 Å². The second-order valence-corrected chi connectivity index (χ2v) is 5.48. The van der Waals surface area contributed by atoms with Crippen LogP contribution in [0, 0.1) is 6.92 Å². The molecule has 0 saturated heterocycles. The third kappa shape index (κ3) is 4.47. The molecule has 120 valence electrons. The van der Waals surface area contributed by atoms with E-state index in [1.807, 2.05) is 0 Å². The number of aromatic carboxylic acids is 1. The third-order valence-corrected chi connectivity index (χ3v) is 3.44. The Balaban J connectivity index is 2.05. The molecule has 0 heterocycles. The second kappa shape index (κ2) is 7.15. The molecule has 1 unspecified atom stereocenters. The molecular weight excluding hydrogens is 318 g/mol. The highest BCUT2D eigenvalue weighted by atomic mass is 35.5. The number of rotatable bonds is 5. The minimum atomic E-state index is -1.01. The SMILES string of the molecule is Cc1cc(C(=O)O)ccc1NC(=O)C(C)Oc1cccc(Cl)c1. The lowest BCUT2D eigenvalue weighted by atomic mass is 10.1. The highest BCUT2D eigenvalue weighted by Gasteiger charge is 2.16. The van der Waals surface area contributed by atoms with Crippen molar-refractivity contribution in [3.8, 4) is 5.75 Å². The summed E-state index contributed by atoms with van der Waals surface area (Å²) in [7, 11) is 0. The molecule has 0 fully saturated rings. The van der Waals surface area contributed by atoms with E-state index in [9.17, 15) is 9.59 Å². The zero-order chi connectivity index (χ0) is 17.0. The van der Waals surface area contributed by atoms with Crippen LogP contribution in [-0.2, 0) is 4.79 Å². The molecule has 0 aliphatic carbocycles. The number of benzene rings is 2. The Morgan fingerprint density at radius 2 is 1.96 bits per heavy atom. The first-order valence-electron chi connectivity index (χ1n) is 6.94. The Kier molecular flexibility index (Phi) is 5.24. The number of hydrogen-bond donors (Lipinski definition) is 2. The van der Waals surface area contributed by atoms with Crippen molar-refractivity contribution < 1.29 is 19.4 Å². The first-order valence-corrected chi connectivity index (χ1v) is 7.31. The number of anilines is 1. The molecule has 2 rings (SSSR count). The number of carbonyl (C=O) groups excluding carboxylic acids is 1. The van der Waals surface area contributed by atoms with E-state index in [4.69, 9.17) is 21.4 Å². The molecule has 1 atom stereocenters. The van der Waals surface area contributed by atoms with E-state index in [2.05, 4.69) is 5.32 Å². The van der Waals surface area contributed by atoms with Crippen LogP contribution in [0.1, 0.15) is 22.8 Å².